The first-order chi connectivity index (χ1) is 11.9. The number of hydrogen-bond acceptors (Lipinski definition) is 4. The molecule has 0 atom stereocenters. The third-order valence-electron chi connectivity index (χ3n) is 5.22. The lowest BCUT2D eigenvalue weighted by molar-refractivity contribution is 0.0690. The zero-order chi connectivity index (χ0) is 18.0. The molecule has 1 N–H and O–H groups in total. The molecular formula is C18H27N3O3S. The van der Waals surface area contributed by atoms with E-state index in [9.17, 15) is 13.2 Å². The Morgan fingerprint density at radius 2 is 1.96 bits per heavy atom. The van der Waals surface area contributed by atoms with Gasteiger partial charge in [-0.05, 0) is 69.5 Å². The molecule has 0 aromatic heterocycles. The van der Waals surface area contributed by atoms with Crippen LogP contribution in [0.3, 0.4) is 0 Å². The highest BCUT2D eigenvalue weighted by Crippen LogP contribution is 2.27. The molecule has 1 aromatic carbocycles. The van der Waals surface area contributed by atoms with Crippen molar-refractivity contribution in [3.8, 4) is 0 Å². The Bertz CT molecular complexity index is 740. The Hall–Kier alpha value is -1.60. The van der Waals surface area contributed by atoms with Crippen LogP contribution in [-0.2, 0) is 10.0 Å². The zero-order valence-corrected chi connectivity index (χ0v) is 15.8. The van der Waals surface area contributed by atoms with Crippen LogP contribution >= 0.6 is 0 Å². The highest BCUT2D eigenvalue weighted by molar-refractivity contribution is 7.93. The van der Waals surface area contributed by atoms with Crippen LogP contribution in [0.15, 0.2) is 18.2 Å². The molecule has 2 saturated heterocycles. The molecule has 6 nitrogen and oxygen atoms in total. The third-order valence-corrected chi connectivity index (χ3v) is 7.09. The number of carbonyl (C=O) groups excluding carboxylic acids is 1. The van der Waals surface area contributed by atoms with Crippen molar-refractivity contribution in [1.29, 1.82) is 0 Å². The summed E-state index contributed by atoms with van der Waals surface area (Å²) in [6, 6.07) is 5.36. The molecule has 0 unspecified atom stereocenters. The van der Waals surface area contributed by atoms with E-state index in [2.05, 4.69) is 5.32 Å². The summed E-state index contributed by atoms with van der Waals surface area (Å²) in [6.07, 6.45) is 2.70. The maximum absolute atomic E-state index is 12.8. The van der Waals surface area contributed by atoms with E-state index in [-0.39, 0.29) is 11.7 Å². The SMILES string of the molecule is CNCC1CCN(C(=O)c2ccc(N3CCCS3(=O)=O)cc2C)CC1. The second-order valence-corrected chi connectivity index (χ2v) is 9.05. The van der Waals surface area contributed by atoms with Crippen LogP contribution < -0.4 is 9.62 Å². The number of benzene rings is 1. The summed E-state index contributed by atoms with van der Waals surface area (Å²) in [5.41, 5.74) is 2.17. The van der Waals surface area contributed by atoms with Crippen molar-refractivity contribution in [2.24, 2.45) is 5.92 Å². The lowest BCUT2D eigenvalue weighted by Gasteiger charge is -2.32. The summed E-state index contributed by atoms with van der Waals surface area (Å²) in [5, 5.41) is 3.20. The number of piperidine rings is 1. The van der Waals surface area contributed by atoms with Crippen molar-refractivity contribution >= 4 is 21.6 Å². The highest BCUT2D eigenvalue weighted by atomic mass is 32.2. The van der Waals surface area contributed by atoms with Crippen molar-refractivity contribution in [3.63, 3.8) is 0 Å². The Balaban J connectivity index is 1.72. The molecule has 25 heavy (non-hydrogen) atoms. The molecule has 7 heteroatoms. The molecule has 3 rings (SSSR count). The predicted octanol–water partition coefficient (Wildman–Crippen LogP) is 1.61. The molecule has 0 radical (unpaired) electrons. The fourth-order valence-electron chi connectivity index (χ4n) is 3.77. The minimum Gasteiger partial charge on any atom is -0.339 e. The van der Waals surface area contributed by atoms with Crippen molar-refractivity contribution < 1.29 is 13.2 Å². The number of carbonyl (C=O) groups is 1. The summed E-state index contributed by atoms with van der Waals surface area (Å²) in [7, 11) is -1.23. The van der Waals surface area contributed by atoms with E-state index in [1.54, 1.807) is 12.1 Å². The van der Waals surface area contributed by atoms with Gasteiger partial charge < -0.3 is 10.2 Å². The number of amides is 1. The van der Waals surface area contributed by atoms with Gasteiger partial charge in [0.05, 0.1) is 11.4 Å². The van der Waals surface area contributed by atoms with Gasteiger partial charge in [-0.25, -0.2) is 8.42 Å². The standard InChI is InChI=1S/C18H27N3O3S/c1-14-12-16(21-8-3-11-25(21,23)24)4-5-17(14)18(22)20-9-6-15(7-10-20)13-19-2/h4-5,12,15,19H,3,6-11,13H2,1-2H3. The Kier molecular flexibility index (Phi) is 5.34. The monoisotopic (exact) mass is 365 g/mol. The van der Waals surface area contributed by atoms with Gasteiger partial charge in [-0.3, -0.25) is 9.10 Å². The van der Waals surface area contributed by atoms with E-state index in [1.807, 2.05) is 24.9 Å². The Morgan fingerprint density at radius 1 is 1.24 bits per heavy atom. The van der Waals surface area contributed by atoms with Crippen LogP contribution in [-0.4, -0.2) is 58.2 Å². The molecule has 0 bridgehead atoms. The topological polar surface area (TPSA) is 69.7 Å². The number of nitrogens with one attached hydrogen (secondary N) is 1. The smallest absolute Gasteiger partial charge is 0.254 e. The van der Waals surface area contributed by atoms with E-state index >= 15 is 0 Å². The quantitative estimate of drug-likeness (QED) is 0.880. The van der Waals surface area contributed by atoms with Gasteiger partial charge in [0.2, 0.25) is 10.0 Å². The van der Waals surface area contributed by atoms with Crippen LogP contribution in [0.5, 0.6) is 0 Å². The number of hydrogen-bond donors (Lipinski definition) is 1. The number of nitrogens with zero attached hydrogens (tertiary/aromatic N) is 2. The van der Waals surface area contributed by atoms with Gasteiger partial charge in [0.15, 0.2) is 0 Å². The minimum atomic E-state index is -3.19. The van der Waals surface area contributed by atoms with Gasteiger partial charge >= 0.3 is 0 Å². The van der Waals surface area contributed by atoms with Crippen molar-refractivity contribution in [3.05, 3.63) is 29.3 Å². The molecular weight excluding hydrogens is 338 g/mol. The normalized spacial score (nSPS) is 20.9. The lowest BCUT2D eigenvalue weighted by Crippen LogP contribution is -2.40. The first kappa shape index (κ1) is 18.2. The molecule has 0 aliphatic carbocycles. The summed E-state index contributed by atoms with van der Waals surface area (Å²) in [6.45, 7) is 4.97. The van der Waals surface area contributed by atoms with E-state index in [0.717, 1.165) is 38.0 Å². The summed E-state index contributed by atoms with van der Waals surface area (Å²) >= 11 is 0. The van der Waals surface area contributed by atoms with Crippen LogP contribution in [0.4, 0.5) is 5.69 Å². The summed E-state index contributed by atoms with van der Waals surface area (Å²) < 4.78 is 25.6. The lowest BCUT2D eigenvalue weighted by atomic mass is 9.96. The molecule has 138 valence electrons. The summed E-state index contributed by atoms with van der Waals surface area (Å²) in [4.78, 5) is 14.7. The average molecular weight is 365 g/mol. The number of sulfonamides is 1. The first-order valence-corrected chi connectivity index (χ1v) is 10.6. The van der Waals surface area contributed by atoms with E-state index in [4.69, 9.17) is 0 Å². The Morgan fingerprint density at radius 3 is 2.52 bits per heavy atom. The van der Waals surface area contributed by atoms with Gasteiger partial charge in [0, 0.05) is 25.2 Å². The van der Waals surface area contributed by atoms with Gasteiger partial charge in [-0.1, -0.05) is 0 Å². The van der Waals surface area contributed by atoms with Crippen molar-refractivity contribution in [1.82, 2.24) is 10.2 Å². The fraction of sp³-hybridized carbons (Fsp3) is 0.611. The summed E-state index contributed by atoms with van der Waals surface area (Å²) in [5.74, 6) is 0.892. The maximum atomic E-state index is 12.8. The highest BCUT2D eigenvalue weighted by Gasteiger charge is 2.29. The average Bonchev–Trinajstić information content (AvgIpc) is 2.94. The predicted molar refractivity (Wildman–Crippen MR) is 99.5 cm³/mol. The second kappa shape index (κ2) is 7.33. The largest absolute Gasteiger partial charge is 0.339 e. The van der Waals surface area contributed by atoms with Crippen LogP contribution in [0.2, 0.25) is 0 Å². The van der Waals surface area contributed by atoms with Gasteiger partial charge in [0.1, 0.15) is 0 Å². The minimum absolute atomic E-state index is 0.0521. The zero-order valence-electron chi connectivity index (χ0n) is 15.0. The van der Waals surface area contributed by atoms with Crippen molar-refractivity contribution in [2.45, 2.75) is 26.2 Å². The number of anilines is 1. The molecule has 2 aliphatic rings. The van der Waals surface area contributed by atoms with Crippen molar-refractivity contribution in [2.75, 3.05) is 43.3 Å². The molecule has 2 aliphatic heterocycles. The number of likely N-dealkylation sites (tertiary alicyclic amines) is 1. The van der Waals surface area contributed by atoms with Crippen LogP contribution in [0, 0.1) is 12.8 Å². The van der Waals surface area contributed by atoms with Gasteiger partial charge in [-0.15, -0.1) is 0 Å². The molecule has 1 amide bonds. The first-order valence-electron chi connectivity index (χ1n) is 8.97. The number of aryl methyl sites for hydroxylation is 1. The van der Waals surface area contributed by atoms with Gasteiger partial charge in [-0.2, -0.15) is 0 Å². The van der Waals surface area contributed by atoms with Crippen LogP contribution in [0.1, 0.15) is 35.2 Å². The fourth-order valence-corrected chi connectivity index (χ4v) is 5.33. The van der Waals surface area contributed by atoms with E-state index in [0.29, 0.717) is 30.1 Å². The molecule has 0 spiro atoms. The molecule has 2 fully saturated rings. The molecule has 1 aromatic rings. The molecule has 0 saturated carbocycles. The van der Waals surface area contributed by atoms with E-state index in [1.165, 1.54) is 4.31 Å². The molecule has 2 heterocycles. The third kappa shape index (κ3) is 3.82. The van der Waals surface area contributed by atoms with Gasteiger partial charge in [0.25, 0.3) is 5.91 Å². The Labute approximate surface area is 150 Å². The van der Waals surface area contributed by atoms with Crippen LogP contribution in [0.25, 0.3) is 0 Å². The van der Waals surface area contributed by atoms with E-state index < -0.39 is 10.0 Å². The maximum Gasteiger partial charge on any atom is 0.254 e. The second-order valence-electron chi connectivity index (χ2n) is 7.03. The number of rotatable bonds is 4.